The molecule has 2 aromatic heterocycles. The van der Waals surface area contributed by atoms with Crippen molar-refractivity contribution in [3.63, 3.8) is 0 Å². The lowest BCUT2D eigenvalue weighted by Gasteiger charge is -2.18. The normalized spacial score (nSPS) is 24.0. The van der Waals surface area contributed by atoms with Crippen LogP contribution < -0.4 is 5.32 Å². The average molecular weight is 349 g/mol. The van der Waals surface area contributed by atoms with E-state index in [4.69, 9.17) is 0 Å². The summed E-state index contributed by atoms with van der Waals surface area (Å²) in [6.07, 6.45) is 4.35. The van der Waals surface area contributed by atoms with E-state index in [1.807, 2.05) is 18.6 Å². The summed E-state index contributed by atoms with van der Waals surface area (Å²) in [6.45, 7) is 0.216. The molecule has 0 radical (unpaired) electrons. The number of aromatic nitrogens is 3. The highest BCUT2D eigenvalue weighted by Crippen LogP contribution is 2.34. The Kier molecular flexibility index (Phi) is 3.42. The first-order valence-corrected chi connectivity index (χ1v) is 9.26. The predicted molar refractivity (Wildman–Crippen MR) is 88.1 cm³/mol. The number of nitrogens with one attached hydrogen (secondary N) is 1. The van der Waals surface area contributed by atoms with Crippen LogP contribution in [0.2, 0.25) is 0 Å². The summed E-state index contributed by atoms with van der Waals surface area (Å²) in [4.78, 5) is 30.6. The fraction of sp³-hybridized carbons (Fsp3) is 0.429. The lowest BCUT2D eigenvalue weighted by Crippen LogP contribution is -2.46. The third-order valence-corrected chi connectivity index (χ3v) is 6.22. The zero-order valence-corrected chi connectivity index (χ0v) is 14.1. The molecule has 7 nitrogen and oxygen atoms in total. The molecule has 23 heavy (non-hydrogen) atoms. The Morgan fingerprint density at radius 3 is 3.00 bits per heavy atom. The minimum Gasteiger partial charge on any atom is -0.322 e. The standard InChI is InChI=1S/C14H15N5O2S2/c1-18-5-9(4-15-18)11-16-10(7-23-11)6-19-12(20)14(17-13(19)21)2-3-22-8-14/h4-5,7H,2-3,6,8H2,1H3,(H,17,21). The molecule has 1 unspecified atom stereocenters. The Morgan fingerprint density at radius 2 is 2.30 bits per heavy atom. The van der Waals surface area contributed by atoms with Crippen LogP contribution in [-0.4, -0.2) is 48.6 Å². The molecule has 2 aromatic rings. The smallest absolute Gasteiger partial charge is 0.322 e. The molecular formula is C14H15N5O2S2. The number of carbonyl (C=O) groups is 2. The van der Waals surface area contributed by atoms with E-state index in [1.54, 1.807) is 22.6 Å². The molecule has 2 aliphatic rings. The second-order valence-corrected chi connectivity index (χ2v) is 7.72. The number of hydrogen-bond donors (Lipinski definition) is 1. The molecule has 1 N–H and O–H groups in total. The molecule has 2 fully saturated rings. The molecule has 2 aliphatic heterocycles. The lowest BCUT2D eigenvalue weighted by molar-refractivity contribution is -0.130. The molecule has 9 heteroatoms. The van der Waals surface area contributed by atoms with Gasteiger partial charge >= 0.3 is 6.03 Å². The van der Waals surface area contributed by atoms with E-state index in [2.05, 4.69) is 15.4 Å². The number of thiazole rings is 1. The monoisotopic (exact) mass is 349 g/mol. The Bertz CT molecular complexity index is 778. The van der Waals surface area contributed by atoms with Crippen LogP contribution in [0.5, 0.6) is 0 Å². The van der Waals surface area contributed by atoms with Crippen molar-refractivity contribution in [3.8, 4) is 10.6 Å². The highest BCUT2D eigenvalue weighted by molar-refractivity contribution is 7.99. The van der Waals surface area contributed by atoms with Gasteiger partial charge in [0.25, 0.3) is 5.91 Å². The summed E-state index contributed by atoms with van der Waals surface area (Å²) in [5.41, 5.74) is 0.967. The number of hydrogen-bond acceptors (Lipinski definition) is 6. The molecule has 0 aliphatic carbocycles. The molecule has 2 saturated heterocycles. The first kappa shape index (κ1) is 14.7. The number of aryl methyl sites for hydroxylation is 1. The molecule has 1 spiro atoms. The maximum atomic E-state index is 12.6. The van der Waals surface area contributed by atoms with Gasteiger partial charge in [-0.1, -0.05) is 0 Å². The maximum Gasteiger partial charge on any atom is 0.325 e. The first-order chi connectivity index (χ1) is 11.1. The van der Waals surface area contributed by atoms with Gasteiger partial charge in [-0.3, -0.25) is 14.4 Å². The van der Waals surface area contributed by atoms with E-state index in [0.29, 0.717) is 12.2 Å². The first-order valence-electron chi connectivity index (χ1n) is 7.23. The van der Waals surface area contributed by atoms with E-state index < -0.39 is 5.54 Å². The fourth-order valence-corrected chi connectivity index (χ4v) is 4.97. The molecule has 0 bridgehead atoms. The van der Waals surface area contributed by atoms with Crippen LogP contribution in [0.3, 0.4) is 0 Å². The number of urea groups is 1. The average Bonchev–Trinajstić information content (AvgIpc) is 3.26. The fourth-order valence-electron chi connectivity index (χ4n) is 2.86. The van der Waals surface area contributed by atoms with Crippen molar-refractivity contribution in [2.24, 2.45) is 7.05 Å². The number of nitrogens with zero attached hydrogens (tertiary/aromatic N) is 4. The van der Waals surface area contributed by atoms with Gasteiger partial charge in [0, 0.05) is 29.9 Å². The van der Waals surface area contributed by atoms with E-state index in [9.17, 15) is 9.59 Å². The second-order valence-electron chi connectivity index (χ2n) is 5.75. The number of imide groups is 1. The molecular weight excluding hydrogens is 334 g/mol. The summed E-state index contributed by atoms with van der Waals surface area (Å²) in [7, 11) is 1.85. The predicted octanol–water partition coefficient (Wildman–Crippen LogP) is 1.47. The van der Waals surface area contributed by atoms with Crippen LogP contribution in [-0.2, 0) is 18.4 Å². The lowest BCUT2D eigenvalue weighted by atomic mass is 9.99. The highest BCUT2D eigenvalue weighted by Gasteiger charge is 2.52. The number of carbonyl (C=O) groups excluding carboxylic acids is 2. The Labute approximate surface area is 141 Å². The number of thioether (sulfide) groups is 1. The van der Waals surface area contributed by atoms with Gasteiger partial charge in [-0.2, -0.15) is 16.9 Å². The van der Waals surface area contributed by atoms with Crippen LogP contribution in [0.1, 0.15) is 12.1 Å². The van der Waals surface area contributed by atoms with Gasteiger partial charge in [-0.25, -0.2) is 9.78 Å². The molecule has 4 heterocycles. The van der Waals surface area contributed by atoms with Gasteiger partial charge in [0.1, 0.15) is 10.5 Å². The van der Waals surface area contributed by atoms with Gasteiger partial charge in [0.2, 0.25) is 0 Å². The molecule has 3 amide bonds. The highest BCUT2D eigenvalue weighted by atomic mass is 32.2. The van der Waals surface area contributed by atoms with Crippen molar-refractivity contribution < 1.29 is 9.59 Å². The summed E-state index contributed by atoms with van der Waals surface area (Å²) >= 11 is 3.19. The van der Waals surface area contributed by atoms with E-state index in [0.717, 1.165) is 22.0 Å². The maximum absolute atomic E-state index is 12.6. The Balaban J connectivity index is 1.53. The minimum atomic E-state index is -0.691. The topological polar surface area (TPSA) is 80.1 Å². The van der Waals surface area contributed by atoms with E-state index in [1.165, 1.54) is 16.2 Å². The SMILES string of the molecule is Cn1cc(-c2nc(CN3C(=O)NC4(CCSC4)C3=O)cs2)cn1. The van der Waals surface area contributed by atoms with Crippen molar-refractivity contribution in [2.75, 3.05) is 11.5 Å². The minimum absolute atomic E-state index is 0.122. The molecule has 0 saturated carbocycles. The Morgan fingerprint density at radius 1 is 1.43 bits per heavy atom. The van der Waals surface area contributed by atoms with Crippen molar-refractivity contribution >= 4 is 35.0 Å². The number of rotatable bonds is 3. The summed E-state index contributed by atoms with van der Waals surface area (Å²) < 4.78 is 1.72. The van der Waals surface area contributed by atoms with Crippen LogP contribution in [0, 0.1) is 0 Å². The van der Waals surface area contributed by atoms with Gasteiger partial charge in [-0.05, 0) is 12.2 Å². The number of amides is 3. The van der Waals surface area contributed by atoms with E-state index >= 15 is 0 Å². The molecule has 1 atom stereocenters. The van der Waals surface area contributed by atoms with Crippen LogP contribution in [0.15, 0.2) is 17.8 Å². The van der Waals surface area contributed by atoms with E-state index in [-0.39, 0.29) is 18.5 Å². The van der Waals surface area contributed by atoms with Crippen molar-refractivity contribution in [1.29, 1.82) is 0 Å². The van der Waals surface area contributed by atoms with Gasteiger partial charge < -0.3 is 5.32 Å². The van der Waals surface area contributed by atoms with Gasteiger partial charge in [-0.15, -0.1) is 11.3 Å². The zero-order chi connectivity index (χ0) is 16.0. The van der Waals surface area contributed by atoms with Crippen molar-refractivity contribution in [2.45, 2.75) is 18.5 Å². The molecule has 0 aromatic carbocycles. The van der Waals surface area contributed by atoms with Gasteiger partial charge in [0.15, 0.2) is 0 Å². The summed E-state index contributed by atoms with van der Waals surface area (Å²) in [5.74, 6) is 1.44. The largest absolute Gasteiger partial charge is 0.325 e. The quantitative estimate of drug-likeness (QED) is 0.849. The molecule has 120 valence electrons. The molecule has 4 rings (SSSR count). The Hall–Kier alpha value is -1.87. The third-order valence-electron chi connectivity index (χ3n) is 4.09. The van der Waals surface area contributed by atoms with Crippen molar-refractivity contribution in [1.82, 2.24) is 25.0 Å². The van der Waals surface area contributed by atoms with Crippen LogP contribution in [0.4, 0.5) is 4.79 Å². The summed E-state index contributed by atoms with van der Waals surface area (Å²) in [5, 5.41) is 9.73. The van der Waals surface area contributed by atoms with Crippen LogP contribution >= 0.6 is 23.1 Å². The van der Waals surface area contributed by atoms with Crippen molar-refractivity contribution in [3.05, 3.63) is 23.5 Å². The third kappa shape index (κ3) is 2.43. The van der Waals surface area contributed by atoms with Crippen LogP contribution in [0.25, 0.3) is 10.6 Å². The van der Waals surface area contributed by atoms with Gasteiger partial charge in [0.05, 0.1) is 18.4 Å². The summed E-state index contributed by atoms with van der Waals surface area (Å²) in [6, 6.07) is -0.312. The second kappa shape index (κ2) is 5.34. The zero-order valence-electron chi connectivity index (χ0n) is 12.5.